The van der Waals surface area contributed by atoms with Gasteiger partial charge >= 0.3 is 5.97 Å². The largest absolute Gasteiger partial charge is 0.469 e. The lowest BCUT2D eigenvalue weighted by molar-refractivity contribution is -0.142. The number of esters is 1. The average Bonchev–Trinajstić information content (AvgIpc) is 3.16. The molecule has 1 aromatic heterocycles. The Hall–Kier alpha value is -2.11. The van der Waals surface area contributed by atoms with Gasteiger partial charge in [0, 0.05) is 38.8 Å². The predicted octanol–water partition coefficient (Wildman–Crippen LogP) is 2.10. The van der Waals surface area contributed by atoms with Crippen LogP contribution in [-0.2, 0) is 9.53 Å². The maximum absolute atomic E-state index is 12.6. The molecule has 2 aliphatic heterocycles. The molecule has 130 valence electrons. The maximum Gasteiger partial charge on any atom is 0.305 e. The lowest BCUT2D eigenvalue weighted by Crippen LogP contribution is -2.39. The minimum Gasteiger partial charge on any atom is -0.469 e. The van der Waals surface area contributed by atoms with E-state index in [9.17, 15) is 9.59 Å². The van der Waals surface area contributed by atoms with Crippen LogP contribution in [0, 0.1) is 5.92 Å². The fraction of sp³-hybridized carbons (Fsp3) is 0.611. The highest BCUT2D eigenvalue weighted by Gasteiger charge is 2.25. The van der Waals surface area contributed by atoms with Gasteiger partial charge in [0.25, 0.3) is 5.91 Å². The van der Waals surface area contributed by atoms with Crippen molar-refractivity contribution in [1.82, 2.24) is 9.88 Å². The standard InChI is InChI=1S/C18H25N3O3/c1-24-17(22)12-14-6-10-21(11-7-14)18(23)15-4-5-16(19-13-15)20-8-2-3-9-20/h4-5,13-14H,2-3,6-12H2,1H3. The third-order valence-electron chi connectivity index (χ3n) is 5.01. The predicted molar refractivity (Wildman–Crippen MR) is 90.9 cm³/mol. The first-order valence-electron chi connectivity index (χ1n) is 8.74. The van der Waals surface area contributed by atoms with Gasteiger partial charge in [0.15, 0.2) is 0 Å². The summed E-state index contributed by atoms with van der Waals surface area (Å²) in [5.74, 6) is 1.14. The van der Waals surface area contributed by atoms with Crippen molar-refractivity contribution in [2.45, 2.75) is 32.1 Å². The molecular weight excluding hydrogens is 306 g/mol. The molecule has 0 radical (unpaired) electrons. The molecule has 2 saturated heterocycles. The van der Waals surface area contributed by atoms with Gasteiger partial charge in [-0.15, -0.1) is 0 Å². The first kappa shape index (κ1) is 16.7. The molecular formula is C18H25N3O3. The van der Waals surface area contributed by atoms with E-state index in [2.05, 4.69) is 9.88 Å². The van der Waals surface area contributed by atoms with E-state index in [1.165, 1.54) is 20.0 Å². The number of carbonyl (C=O) groups excluding carboxylic acids is 2. The number of hydrogen-bond acceptors (Lipinski definition) is 5. The molecule has 0 aliphatic carbocycles. The molecule has 1 amide bonds. The molecule has 1 aromatic rings. The van der Waals surface area contributed by atoms with Gasteiger partial charge in [-0.25, -0.2) is 4.98 Å². The van der Waals surface area contributed by atoms with Crippen LogP contribution in [0.2, 0.25) is 0 Å². The summed E-state index contributed by atoms with van der Waals surface area (Å²) in [4.78, 5) is 32.5. The zero-order chi connectivity index (χ0) is 16.9. The zero-order valence-electron chi connectivity index (χ0n) is 14.2. The minimum absolute atomic E-state index is 0.0342. The number of pyridine rings is 1. The van der Waals surface area contributed by atoms with Gasteiger partial charge in [0.1, 0.15) is 5.82 Å². The number of rotatable bonds is 4. The van der Waals surface area contributed by atoms with Crippen LogP contribution < -0.4 is 4.90 Å². The highest BCUT2D eigenvalue weighted by atomic mass is 16.5. The smallest absolute Gasteiger partial charge is 0.305 e. The Bertz CT molecular complexity index is 574. The van der Waals surface area contributed by atoms with Crippen LogP contribution in [0.15, 0.2) is 18.3 Å². The Morgan fingerprint density at radius 2 is 1.88 bits per heavy atom. The molecule has 6 nitrogen and oxygen atoms in total. The van der Waals surface area contributed by atoms with Crippen molar-refractivity contribution >= 4 is 17.7 Å². The van der Waals surface area contributed by atoms with Crippen molar-refractivity contribution in [2.24, 2.45) is 5.92 Å². The number of methoxy groups -OCH3 is 1. The van der Waals surface area contributed by atoms with Crippen molar-refractivity contribution in [3.8, 4) is 0 Å². The van der Waals surface area contributed by atoms with Gasteiger partial charge in [-0.3, -0.25) is 9.59 Å². The van der Waals surface area contributed by atoms with Crippen LogP contribution in [0.25, 0.3) is 0 Å². The average molecular weight is 331 g/mol. The molecule has 3 heterocycles. The van der Waals surface area contributed by atoms with Gasteiger partial charge in [-0.2, -0.15) is 0 Å². The Morgan fingerprint density at radius 1 is 1.17 bits per heavy atom. The monoisotopic (exact) mass is 331 g/mol. The molecule has 2 fully saturated rings. The summed E-state index contributed by atoms with van der Waals surface area (Å²) in [5, 5.41) is 0. The number of amides is 1. The first-order valence-corrected chi connectivity index (χ1v) is 8.74. The fourth-order valence-electron chi connectivity index (χ4n) is 3.49. The number of ether oxygens (including phenoxy) is 1. The third-order valence-corrected chi connectivity index (χ3v) is 5.01. The topological polar surface area (TPSA) is 62.7 Å². The molecule has 0 atom stereocenters. The number of likely N-dealkylation sites (tertiary alicyclic amines) is 1. The number of aromatic nitrogens is 1. The summed E-state index contributed by atoms with van der Waals surface area (Å²) in [6.45, 7) is 3.48. The van der Waals surface area contributed by atoms with E-state index in [1.807, 2.05) is 17.0 Å². The molecule has 0 unspecified atom stereocenters. The zero-order valence-corrected chi connectivity index (χ0v) is 14.2. The van der Waals surface area contributed by atoms with E-state index in [4.69, 9.17) is 4.74 Å². The third kappa shape index (κ3) is 3.86. The Balaban J connectivity index is 1.54. The number of carbonyl (C=O) groups is 2. The second kappa shape index (κ2) is 7.64. The molecule has 0 aromatic carbocycles. The Morgan fingerprint density at radius 3 is 2.46 bits per heavy atom. The number of piperidine rings is 1. The highest BCUT2D eigenvalue weighted by Crippen LogP contribution is 2.23. The second-order valence-electron chi connectivity index (χ2n) is 6.62. The summed E-state index contributed by atoms with van der Waals surface area (Å²) in [6, 6.07) is 3.83. The molecule has 24 heavy (non-hydrogen) atoms. The summed E-state index contributed by atoms with van der Waals surface area (Å²) in [5.41, 5.74) is 0.643. The number of anilines is 1. The summed E-state index contributed by atoms with van der Waals surface area (Å²) in [7, 11) is 1.42. The Kier molecular flexibility index (Phi) is 5.33. The molecule has 0 saturated carbocycles. The number of nitrogens with zero attached hydrogens (tertiary/aromatic N) is 3. The summed E-state index contributed by atoms with van der Waals surface area (Å²) < 4.78 is 4.72. The Labute approximate surface area is 142 Å². The van der Waals surface area contributed by atoms with Crippen molar-refractivity contribution in [3.63, 3.8) is 0 Å². The molecule has 3 rings (SSSR count). The SMILES string of the molecule is COC(=O)CC1CCN(C(=O)c2ccc(N3CCCC3)nc2)CC1. The first-order chi connectivity index (χ1) is 11.7. The molecule has 0 bridgehead atoms. The van der Waals surface area contributed by atoms with E-state index in [0.29, 0.717) is 31.0 Å². The fourth-order valence-corrected chi connectivity index (χ4v) is 3.49. The van der Waals surface area contributed by atoms with E-state index >= 15 is 0 Å². The van der Waals surface area contributed by atoms with Crippen molar-refractivity contribution in [3.05, 3.63) is 23.9 Å². The van der Waals surface area contributed by atoms with Crippen LogP contribution >= 0.6 is 0 Å². The van der Waals surface area contributed by atoms with Crippen LogP contribution in [0.1, 0.15) is 42.5 Å². The van der Waals surface area contributed by atoms with Crippen molar-refractivity contribution < 1.29 is 14.3 Å². The number of hydrogen-bond donors (Lipinski definition) is 0. The lowest BCUT2D eigenvalue weighted by atomic mass is 9.93. The van der Waals surface area contributed by atoms with Crippen molar-refractivity contribution in [1.29, 1.82) is 0 Å². The lowest BCUT2D eigenvalue weighted by Gasteiger charge is -2.31. The van der Waals surface area contributed by atoms with E-state index in [1.54, 1.807) is 6.20 Å². The highest BCUT2D eigenvalue weighted by molar-refractivity contribution is 5.94. The van der Waals surface area contributed by atoms with Gasteiger partial charge in [0.05, 0.1) is 12.7 Å². The molecule has 2 aliphatic rings. The summed E-state index contributed by atoms with van der Waals surface area (Å²) in [6.07, 6.45) is 6.26. The maximum atomic E-state index is 12.6. The quantitative estimate of drug-likeness (QED) is 0.791. The normalized spacial score (nSPS) is 18.7. The molecule has 6 heteroatoms. The van der Waals surface area contributed by atoms with Crippen molar-refractivity contribution in [2.75, 3.05) is 38.2 Å². The second-order valence-corrected chi connectivity index (χ2v) is 6.62. The summed E-state index contributed by atoms with van der Waals surface area (Å²) >= 11 is 0. The molecule has 0 spiro atoms. The van der Waals surface area contributed by atoms with Gasteiger partial charge < -0.3 is 14.5 Å². The molecule has 0 N–H and O–H groups in total. The van der Waals surface area contributed by atoms with E-state index in [-0.39, 0.29) is 11.9 Å². The van der Waals surface area contributed by atoms with Gasteiger partial charge in [0.2, 0.25) is 0 Å². The van der Waals surface area contributed by atoms with Crippen LogP contribution in [0.5, 0.6) is 0 Å². The van der Waals surface area contributed by atoms with Gasteiger partial charge in [-0.1, -0.05) is 0 Å². The van der Waals surface area contributed by atoms with Crippen LogP contribution in [0.4, 0.5) is 5.82 Å². The van der Waals surface area contributed by atoms with E-state index < -0.39 is 0 Å². The minimum atomic E-state index is -0.165. The van der Waals surface area contributed by atoms with Crippen LogP contribution in [-0.4, -0.2) is 55.0 Å². The van der Waals surface area contributed by atoms with E-state index in [0.717, 1.165) is 31.7 Å². The van der Waals surface area contributed by atoms with Gasteiger partial charge in [-0.05, 0) is 43.7 Å². The van der Waals surface area contributed by atoms with Crippen LogP contribution in [0.3, 0.4) is 0 Å².